The Hall–Kier alpha value is -1.27. The fraction of sp³-hybridized carbons (Fsp3) is 0.579. The molecule has 25 heavy (non-hydrogen) atoms. The third-order valence-electron chi connectivity index (χ3n) is 4.96. The number of carbonyl (C=O) groups excluding carboxylic acids is 1. The van der Waals surface area contributed by atoms with Crippen molar-refractivity contribution in [2.75, 3.05) is 0 Å². The van der Waals surface area contributed by atoms with E-state index in [4.69, 9.17) is 4.98 Å². The van der Waals surface area contributed by atoms with E-state index < -0.39 is 0 Å². The Kier molecular flexibility index (Phi) is 6.23. The van der Waals surface area contributed by atoms with Crippen LogP contribution in [0, 0.1) is 13.8 Å². The zero-order valence-electron chi connectivity index (χ0n) is 15.2. The summed E-state index contributed by atoms with van der Waals surface area (Å²) in [6.07, 6.45) is 6.38. The van der Waals surface area contributed by atoms with Gasteiger partial charge in [0, 0.05) is 16.6 Å². The molecule has 1 aliphatic carbocycles. The molecule has 1 saturated carbocycles. The summed E-state index contributed by atoms with van der Waals surface area (Å²) >= 11 is 3.26. The smallest absolute Gasteiger partial charge is 0.233 e. The maximum Gasteiger partial charge on any atom is 0.233 e. The Morgan fingerprint density at radius 1 is 1.40 bits per heavy atom. The molecule has 4 nitrogen and oxygen atoms in total. The highest BCUT2D eigenvalue weighted by atomic mass is 32.2. The van der Waals surface area contributed by atoms with Gasteiger partial charge in [-0.2, -0.15) is 0 Å². The molecule has 1 fully saturated rings. The van der Waals surface area contributed by atoms with Crippen molar-refractivity contribution in [2.24, 2.45) is 0 Å². The third-order valence-corrected chi connectivity index (χ3v) is 6.91. The lowest BCUT2D eigenvalue weighted by Gasteiger charge is -2.26. The highest BCUT2D eigenvalue weighted by molar-refractivity contribution is 8.00. The summed E-state index contributed by atoms with van der Waals surface area (Å²) in [5, 5.41) is 5.92. The zero-order valence-corrected chi connectivity index (χ0v) is 16.9. The van der Waals surface area contributed by atoms with Crippen LogP contribution in [0.15, 0.2) is 22.7 Å². The number of imidazole rings is 1. The number of hydrogen-bond acceptors (Lipinski definition) is 4. The molecule has 1 atom stereocenters. The van der Waals surface area contributed by atoms with Gasteiger partial charge in [0.2, 0.25) is 5.91 Å². The summed E-state index contributed by atoms with van der Waals surface area (Å²) in [5.74, 6) is 0.0758. The quantitative estimate of drug-likeness (QED) is 0.731. The molecule has 0 spiro atoms. The zero-order chi connectivity index (χ0) is 17.8. The summed E-state index contributed by atoms with van der Waals surface area (Å²) in [6.45, 7) is 6.80. The van der Waals surface area contributed by atoms with E-state index in [1.807, 2.05) is 24.4 Å². The highest BCUT2D eigenvalue weighted by Gasteiger charge is 2.24. The van der Waals surface area contributed by atoms with Gasteiger partial charge < -0.3 is 9.88 Å². The van der Waals surface area contributed by atoms with Crippen LogP contribution in [0.5, 0.6) is 0 Å². The van der Waals surface area contributed by atoms with Crippen molar-refractivity contribution in [1.82, 2.24) is 14.9 Å². The largest absolute Gasteiger partial charge is 0.350 e. The van der Waals surface area contributed by atoms with Gasteiger partial charge in [0.25, 0.3) is 0 Å². The second kappa shape index (κ2) is 8.41. The number of nitrogens with zero attached hydrogens (tertiary/aromatic N) is 2. The van der Waals surface area contributed by atoms with Crippen LogP contribution in [0.4, 0.5) is 0 Å². The molecule has 1 N–H and O–H groups in total. The van der Waals surface area contributed by atoms with Crippen LogP contribution in [-0.4, -0.2) is 20.7 Å². The first-order valence-electron chi connectivity index (χ1n) is 9.08. The molecule has 0 saturated heterocycles. The van der Waals surface area contributed by atoms with Crippen molar-refractivity contribution in [2.45, 2.75) is 75.9 Å². The van der Waals surface area contributed by atoms with Crippen LogP contribution in [0.3, 0.4) is 0 Å². The van der Waals surface area contributed by atoms with Gasteiger partial charge in [-0.25, -0.2) is 4.98 Å². The van der Waals surface area contributed by atoms with Gasteiger partial charge in [0.1, 0.15) is 0 Å². The number of aromatic nitrogens is 2. The first-order valence-corrected chi connectivity index (χ1v) is 10.8. The highest BCUT2D eigenvalue weighted by Crippen LogP contribution is 2.35. The average Bonchev–Trinajstić information content (AvgIpc) is 3.22. The molecule has 0 aliphatic heterocycles. The third kappa shape index (κ3) is 4.47. The molecule has 3 rings (SSSR count). The number of nitrogens with one attached hydrogen (secondary N) is 1. The molecule has 2 heterocycles. The molecule has 0 bridgehead atoms. The van der Waals surface area contributed by atoms with Crippen molar-refractivity contribution in [1.29, 1.82) is 0 Å². The lowest BCUT2D eigenvalue weighted by molar-refractivity contribution is -0.120. The SMILES string of the molecule is Cc1nc(SC(C)C(=O)NCc2cccs2)n(C2CCCCC2)c1C. The molecule has 1 aliphatic rings. The Morgan fingerprint density at radius 2 is 2.16 bits per heavy atom. The summed E-state index contributed by atoms with van der Waals surface area (Å²) in [6, 6.07) is 4.60. The van der Waals surface area contributed by atoms with E-state index in [-0.39, 0.29) is 11.2 Å². The molecule has 1 amide bonds. The predicted molar refractivity (Wildman–Crippen MR) is 105 cm³/mol. The molecule has 2 aromatic heterocycles. The number of carbonyl (C=O) groups is 1. The second-order valence-electron chi connectivity index (χ2n) is 6.78. The minimum absolute atomic E-state index is 0.0758. The van der Waals surface area contributed by atoms with Crippen LogP contribution < -0.4 is 5.32 Å². The van der Waals surface area contributed by atoms with Crippen LogP contribution >= 0.6 is 23.1 Å². The van der Waals surface area contributed by atoms with Crippen molar-refractivity contribution in [3.8, 4) is 0 Å². The lowest BCUT2D eigenvalue weighted by Crippen LogP contribution is -2.30. The van der Waals surface area contributed by atoms with Crippen LogP contribution in [0.25, 0.3) is 0 Å². The van der Waals surface area contributed by atoms with Gasteiger partial charge in [0.05, 0.1) is 17.5 Å². The predicted octanol–water partition coefficient (Wildman–Crippen LogP) is 4.86. The number of thiophene rings is 1. The van der Waals surface area contributed by atoms with Gasteiger partial charge in [-0.3, -0.25) is 4.79 Å². The van der Waals surface area contributed by atoms with E-state index in [1.54, 1.807) is 23.1 Å². The van der Waals surface area contributed by atoms with Crippen LogP contribution in [-0.2, 0) is 11.3 Å². The maximum atomic E-state index is 12.5. The Labute approximate surface area is 158 Å². The number of rotatable bonds is 6. The van der Waals surface area contributed by atoms with Crippen LogP contribution in [0.2, 0.25) is 0 Å². The molecule has 136 valence electrons. The fourth-order valence-electron chi connectivity index (χ4n) is 3.39. The van der Waals surface area contributed by atoms with Gasteiger partial charge in [-0.15, -0.1) is 11.3 Å². The van der Waals surface area contributed by atoms with Crippen molar-refractivity contribution >= 4 is 29.0 Å². The second-order valence-corrected chi connectivity index (χ2v) is 9.12. The standard InChI is InChI=1S/C19H27N3OS2/c1-13-14(2)22(16-8-5-4-6-9-16)19(21-13)25-15(3)18(23)20-12-17-10-7-11-24-17/h7,10-11,15-16H,4-6,8-9,12H2,1-3H3,(H,20,23). The first kappa shape index (κ1) is 18.5. The topological polar surface area (TPSA) is 46.9 Å². The monoisotopic (exact) mass is 377 g/mol. The van der Waals surface area contributed by atoms with Gasteiger partial charge in [-0.05, 0) is 45.1 Å². The molecular weight excluding hydrogens is 350 g/mol. The lowest BCUT2D eigenvalue weighted by atomic mass is 9.95. The van der Waals surface area contributed by atoms with Gasteiger partial charge in [-0.1, -0.05) is 37.1 Å². The molecule has 2 aromatic rings. The van der Waals surface area contributed by atoms with Crippen molar-refractivity contribution < 1.29 is 4.79 Å². The Bertz CT molecular complexity index is 703. The van der Waals surface area contributed by atoms with Crippen LogP contribution in [0.1, 0.15) is 61.3 Å². The van der Waals surface area contributed by atoms with E-state index in [1.165, 1.54) is 42.7 Å². The maximum absolute atomic E-state index is 12.5. The van der Waals surface area contributed by atoms with E-state index >= 15 is 0 Å². The number of amides is 1. The van der Waals surface area contributed by atoms with Crippen molar-refractivity contribution in [3.05, 3.63) is 33.8 Å². The summed E-state index contributed by atoms with van der Waals surface area (Å²) in [5.41, 5.74) is 2.33. The number of hydrogen-bond donors (Lipinski definition) is 1. The molecular formula is C19H27N3OS2. The van der Waals surface area contributed by atoms with Gasteiger partial charge in [0.15, 0.2) is 5.16 Å². The number of aryl methyl sites for hydroxylation is 1. The van der Waals surface area contributed by atoms with E-state index in [9.17, 15) is 4.79 Å². The summed E-state index contributed by atoms with van der Waals surface area (Å²) in [7, 11) is 0. The Balaban J connectivity index is 1.66. The molecule has 0 aromatic carbocycles. The normalized spacial score (nSPS) is 16.8. The first-order chi connectivity index (χ1) is 12.1. The van der Waals surface area contributed by atoms with E-state index in [0.29, 0.717) is 12.6 Å². The minimum atomic E-state index is -0.150. The number of thioether (sulfide) groups is 1. The fourth-order valence-corrected chi connectivity index (χ4v) is 5.13. The molecule has 6 heteroatoms. The summed E-state index contributed by atoms with van der Waals surface area (Å²) < 4.78 is 2.39. The van der Waals surface area contributed by atoms with Gasteiger partial charge >= 0.3 is 0 Å². The van der Waals surface area contributed by atoms with E-state index in [2.05, 4.69) is 23.7 Å². The molecule has 0 radical (unpaired) electrons. The molecule has 1 unspecified atom stereocenters. The average molecular weight is 378 g/mol. The van der Waals surface area contributed by atoms with E-state index in [0.717, 1.165) is 10.9 Å². The van der Waals surface area contributed by atoms with Crippen molar-refractivity contribution in [3.63, 3.8) is 0 Å². The Morgan fingerprint density at radius 3 is 2.84 bits per heavy atom. The summed E-state index contributed by atoms with van der Waals surface area (Å²) in [4.78, 5) is 18.4. The minimum Gasteiger partial charge on any atom is -0.350 e.